The Hall–Kier alpha value is -2.42. The third-order valence-corrected chi connectivity index (χ3v) is 6.50. The third kappa shape index (κ3) is 2.05. The molecule has 0 aromatic heterocycles. The second-order valence-electron chi connectivity index (χ2n) is 7.81. The normalized spacial score (nSPS) is 33.2. The molecule has 1 aliphatic heterocycles. The Morgan fingerprint density at radius 3 is 2.40 bits per heavy atom. The first-order valence-electron chi connectivity index (χ1n) is 9.14. The van der Waals surface area contributed by atoms with Crippen molar-refractivity contribution in [3.63, 3.8) is 0 Å². The monoisotopic (exact) mass is 331 g/mol. The van der Waals surface area contributed by atoms with E-state index in [0.717, 1.165) is 24.1 Å². The fraction of sp³-hybridized carbons (Fsp3) is 0.364. The van der Waals surface area contributed by atoms with E-state index in [2.05, 4.69) is 24.3 Å². The van der Waals surface area contributed by atoms with Gasteiger partial charge >= 0.3 is 0 Å². The van der Waals surface area contributed by atoms with Crippen molar-refractivity contribution in [3.05, 3.63) is 65.7 Å². The molecule has 5 unspecified atom stereocenters. The van der Waals surface area contributed by atoms with Crippen molar-refractivity contribution in [2.75, 3.05) is 4.90 Å². The Bertz CT molecular complexity index is 859. The molecule has 0 radical (unpaired) electrons. The zero-order valence-electron chi connectivity index (χ0n) is 14.3. The van der Waals surface area contributed by atoms with Gasteiger partial charge < -0.3 is 0 Å². The molecule has 3 heteroatoms. The van der Waals surface area contributed by atoms with Crippen LogP contribution in [0.25, 0.3) is 0 Å². The van der Waals surface area contributed by atoms with Crippen LogP contribution in [-0.2, 0) is 9.59 Å². The smallest absolute Gasteiger partial charge is 0.237 e. The van der Waals surface area contributed by atoms with Crippen molar-refractivity contribution < 1.29 is 9.59 Å². The molecule has 25 heavy (non-hydrogen) atoms. The Labute approximate surface area is 147 Å². The van der Waals surface area contributed by atoms with Crippen LogP contribution in [-0.4, -0.2) is 11.8 Å². The number of amides is 2. The summed E-state index contributed by atoms with van der Waals surface area (Å²) in [6, 6.07) is 18.2. The molecule has 5 atom stereocenters. The van der Waals surface area contributed by atoms with E-state index in [0.29, 0.717) is 17.8 Å². The largest absolute Gasteiger partial charge is 0.274 e. The van der Waals surface area contributed by atoms with Gasteiger partial charge in [0.25, 0.3) is 0 Å². The van der Waals surface area contributed by atoms with E-state index in [1.165, 1.54) is 10.5 Å². The molecule has 2 aromatic carbocycles. The van der Waals surface area contributed by atoms with Gasteiger partial charge in [-0.15, -0.1) is 0 Å². The summed E-state index contributed by atoms with van der Waals surface area (Å²) in [7, 11) is 0. The van der Waals surface area contributed by atoms with Crippen LogP contribution >= 0.6 is 0 Å². The average Bonchev–Trinajstić information content (AvgIpc) is 3.27. The molecule has 0 N–H and O–H groups in total. The van der Waals surface area contributed by atoms with Gasteiger partial charge in [0.15, 0.2) is 0 Å². The molecule has 3 fully saturated rings. The fourth-order valence-corrected chi connectivity index (χ4v) is 5.56. The summed E-state index contributed by atoms with van der Waals surface area (Å²) in [5, 5.41) is 0. The van der Waals surface area contributed by atoms with Gasteiger partial charge in [0.05, 0.1) is 17.5 Å². The Balaban J connectivity index is 1.50. The number of hydrogen-bond donors (Lipinski definition) is 0. The van der Waals surface area contributed by atoms with E-state index in [1.54, 1.807) is 0 Å². The van der Waals surface area contributed by atoms with Crippen LogP contribution in [0.5, 0.6) is 0 Å². The maximum atomic E-state index is 13.2. The molecule has 5 rings (SSSR count). The van der Waals surface area contributed by atoms with E-state index in [4.69, 9.17) is 0 Å². The SMILES string of the molecule is Cc1cccc(N2C(=O)C3C4CC(c5ccccc5)C(C4)C3C2=O)c1. The topological polar surface area (TPSA) is 37.4 Å². The highest BCUT2D eigenvalue weighted by Crippen LogP contribution is 2.61. The number of imide groups is 1. The van der Waals surface area contributed by atoms with Gasteiger partial charge in [0.2, 0.25) is 11.8 Å². The molecule has 2 aliphatic carbocycles. The van der Waals surface area contributed by atoms with Crippen LogP contribution < -0.4 is 4.90 Å². The van der Waals surface area contributed by atoms with Crippen molar-refractivity contribution in [2.45, 2.75) is 25.7 Å². The van der Waals surface area contributed by atoms with Gasteiger partial charge in [-0.05, 0) is 60.8 Å². The number of benzene rings is 2. The summed E-state index contributed by atoms with van der Waals surface area (Å²) in [6.07, 6.45) is 2.06. The van der Waals surface area contributed by atoms with Gasteiger partial charge in [-0.1, -0.05) is 42.5 Å². The molecule has 2 aromatic rings. The maximum absolute atomic E-state index is 13.2. The highest BCUT2D eigenvalue weighted by Gasteiger charge is 2.64. The molecular weight excluding hydrogens is 310 g/mol. The standard InChI is InChI=1S/C22H21NO2/c1-13-6-5-9-16(10-13)23-21(24)19-15-11-17(14-7-3-2-4-8-14)18(12-15)20(19)22(23)25/h2-10,15,17-20H,11-12H2,1H3. The molecule has 126 valence electrons. The molecule has 0 spiro atoms. The lowest BCUT2D eigenvalue weighted by Crippen LogP contribution is -2.33. The molecule has 2 amide bonds. The summed E-state index contributed by atoms with van der Waals surface area (Å²) in [5.41, 5.74) is 3.13. The second-order valence-corrected chi connectivity index (χ2v) is 7.81. The van der Waals surface area contributed by atoms with E-state index in [1.807, 2.05) is 37.3 Å². The van der Waals surface area contributed by atoms with Crippen LogP contribution in [0, 0.1) is 30.6 Å². The predicted octanol–water partition coefficient (Wildman–Crippen LogP) is 3.92. The Morgan fingerprint density at radius 2 is 1.64 bits per heavy atom. The fourth-order valence-electron chi connectivity index (χ4n) is 5.56. The van der Waals surface area contributed by atoms with Crippen molar-refractivity contribution in [3.8, 4) is 0 Å². The van der Waals surface area contributed by atoms with E-state index in [-0.39, 0.29) is 23.7 Å². The first-order valence-corrected chi connectivity index (χ1v) is 9.14. The number of hydrogen-bond acceptors (Lipinski definition) is 2. The van der Waals surface area contributed by atoms with Crippen LogP contribution in [0.1, 0.15) is 29.9 Å². The lowest BCUT2D eigenvalue weighted by atomic mass is 9.73. The number of carbonyl (C=O) groups is 2. The molecule has 2 bridgehead atoms. The van der Waals surface area contributed by atoms with Gasteiger partial charge in [-0.25, -0.2) is 0 Å². The number of anilines is 1. The maximum Gasteiger partial charge on any atom is 0.237 e. The number of carbonyl (C=O) groups excluding carboxylic acids is 2. The first kappa shape index (κ1) is 14.9. The minimum absolute atomic E-state index is 0.0220. The molecular formula is C22H21NO2. The minimum Gasteiger partial charge on any atom is -0.274 e. The quantitative estimate of drug-likeness (QED) is 0.782. The summed E-state index contributed by atoms with van der Waals surface area (Å²) < 4.78 is 0. The van der Waals surface area contributed by atoms with Crippen LogP contribution in [0.15, 0.2) is 54.6 Å². The Kier molecular flexibility index (Phi) is 3.15. The highest BCUT2D eigenvalue weighted by atomic mass is 16.2. The van der Waals surface area contributed by atoms with Crippen LogP contribution in [0.4, 0.5) is 5.69 Å². The number of aryl methyl sites for hydroxylation is 1. The van der Waals surface area contributed by atoms with Crippen molar-refractivity contribution in [2.24, 2.45) is 23.7 Å². The lowest BCUT2D eigenvalue weighted by Gasteiger charge is -2.28. The molecule has 1 saturated heterocycles. The highest BCUT2D eigenvalue weighted by molar-refractivity contribution is 6.22. The second kappa shape index (κ2) is 5.29. The zero-order valence-corrected chi connectivity index (χ0v) is 14.3. The zero-order chi connectivity index (χ0) is 17.1. The van der Waals surface area contributed by atoms with Crippen molar-refractivity contribution >= 4 is 17.5 Å². The van der Waals surface area contributed by atoms with E-state index in [9.17, 15) is 9.59 Å². The summed E-state index contributed by atoms with van der Waals surface area (Å²) in [6.45, 7) is 1.99. The average molecular weight is 331 g/mol. The van der Waals surface area contributed by atoms with Crippen molar-refractivity contribution in [1.82, 2.24) is 0 Å². The first-order chi connectivity index (χ1) is 12.1. The molecule has 1 heterocycles. The lowest BCUT2D eigenvalue weighted by molar-refractivity contribution is -0.123. The van der Waals surface area contributed by atoms with Gasteiger partial charge in [0.1, 0.15) is 0 Å². The minimum atomic E-state index is -0.128. The van der Waals surface area contributed by atoms with Gasteiger partial charge in [-0.3, -0.25) is 14.5 Å². The number of rotatable bonds is 2. The van der Waals surface area contributed by atoms with Gasteiger partial charge in [-0.2, -0.15) is 0 Å². The molecule has 3 aliphatic rings. The Morgan fingerprint density at radius 1 is 0.880 bits per heavy atom. The van der Waals surface area contributed by atoms with Crippen LogP contribution in [0.3, 0.4) is 0 Å². The molecule has 2 saturated carbocycles. The summed E-state index contributed by atoms with van der Waals surface area (Å²) >= 11 is 0. The predicted molar refractivity (Wildman–Crippen MR) is 96.0 cm³/mol. The van der Waals surface area contributed by atoms with Crippen molar-refractivity contribution in [1.29, 1.82) is 0 Å². The van der Waals surface area contributed by atoms with E-state index >= 15 is 0 Å². The van der Waals surface area contributed by atoms with Gasteiger partial charge in [0, 0.05) is 0 Å². The summed E-state index contributed by atoms with van der Waals surface area (Å²) in [5.74, 6) is 0.903. The third-order valence-electron chi connectivity index (χ3n) is 6.50. The summed E-state index contributed by atoms with van der Waals surface area (Å²) in [4.78, 5) is 27.7. The van der Waals surface area contributed by atoms with E-state index < -0.39 is 0 Å². The number of nitrogens with zero attached hydrogens (tertiary/aromatic N) is 1. The van der Waals surface area contributed by atoms with Crippen LogP contribution in [0.2, 0.25) is 0 Å². The number of fused-ring (bicyclic) bond motifs is 5. The molecule has 3 nitrogen and oxygen atoms in total.